The average Bonchev–Trinajstić information content (AvgIpc) is 2.09. The fraction of sp³-hybridized carbons (Fsp3) is 1.00. The molecule has 2 aliphatic heterocycles. The van der Waals surface area contributed by atoms with Gasteiger partial charge >= 0.3 is 0 Å². The first-order valence-electron chi connectivity index (χ1n) is 4.81. The summed E-state index contributed by atoms with van der Waals surface area (Å²) in [7, 11) is 4.70. The number of nitrogens with zero attached hydrogens (tertiary/aromatic N) is 1. The van der Waals surface area contributed by atoms with Crippen LogP contribution >= 0.6 is 0 Å². The summed E-state index contributed by atoms with van der Waals surface area (Å²) < 4.78 is 0. The standard InChI is InChI=1S/C9H17BN/c1-11-5-2-3-9(4-6-11)7-10-8-9/h2-8H2,1H3. The second-order valence-corrected chi connectivity index (χ2v) is 4.35. The first kappa shape index (κ1) is 7.66. The van der Waals surface area contributed by atoms with Crippen LogP contribution < -0.4 is 0 Å². The van der Waals surface area contributed by atoms with Gasteiger partial charge in [-0.2, -0.15) is 0 Å². The largest absolute Gasteiger partial charge is 0.306 e. The van der Waals surface area contributed by atoms with E-state index in [-0.39, 0.29) is 0 Å². The van der Waals surface area contributed by atoms with E-state index >= 15 is 0 Å². The normalized spacial score (nSPS) is 30.6. The molecule has 1 radical (unpaired) electrons. The smallest absolute Gasteiger partial charge is 0.110 e. The molecule has 2 aliphatic rings. The van der Waals surface area contributed by atoms with E-state index in [0.29, 0.717) is 0 Å². The quantitative estimate of drug-likeness (QED) is 0.474. The van der Waals surface area contributed by atoms with Crippen molar-refractivity contribution in [2.45, 2.75) is 31.9 Å². The average molecular weight is 150 g/mol. The number of hydrogen-bond donors (Lipinski definition) is 0. The summed E-state index contributed by atoms with van der Waals surface area (Å²) in [6.45, 7) is 2.65. The van der Waals surface area contributed by atoms with Crippen molar-refractivity contribution >= 4 is 7.28 Å². The summed E-state index contributed by atoms with van der Waals surface area (Å²) in [5.41, 5.74) is 0.769. The van der Waals surface area contributed by atoms with Gasteiger partial charge in [-0.1, -0.05) is 12.6 Å². The van der Waals surface area contributed by atoms with E-state index in [2.05, 4.69) is 19.2 Å². The molecule has 0 unspecified atom stereocenters. The Morgan fingerprint density at radius 2 is 2.00 bits per heavy atom. The molecule has 0 atom stereocenters. The van der Waals surface area contributed by atoms with Gasteiger partial charge in [0.25, 0.3) is 0 Å². The van der Waals surface area contributed by atoms with Gasteiger partial charge in [-0.25, -0.2) is 0 Å². The highest BCUT2D eigenvalue weighted by atomic mass is 15.1. The molecule has 2 rings (SSSR count). The van der Waals surface area contributed by atoms with Crippen molar-refractivity contribution in [1.29, 1.82) is 0 Å². The fourth-order valence-corrected chi connectivity index (χ4v) is 2.35. The third-order valence-corrected chi connectivity index (χ3v) is 3.43. The van der Waals surface area contributed by atoms with Crippen molar-refractivity contribution in [1.82, 2.24) is 4.90 Å². The van der Waals surface area contributed by atoms with Crippen molar-refractivity contribution in [3.8, 4) is 0 Å². The van der Waals surface area contributed by atoms with Crippen LogP contribution in [0.5, 0.6) is 0 Å². The molecule has 0 aromatic rings. The molecule has 0 bridgehead atoms. The molecular weight excluding hydrogens is 133 g/mol. The maximum atomic E-state index is 2.48. The molecule has 2 saturated heterocycles. The van der Waals surface area contributed by atoms with E-state index in [1.54, 1.807) is 0 Å². The molecule has 0 saturated carbocycles. The molecule has 2 fully saturated rings. The molecule has 0 amide bonds. The summed E-state index contributed by atoms with van der Waals surface area (Å²) in [6.07, 6.45) is 7.15. The molecule has 0 aromatic heterocycles. The highest BCUT2D eigenvalue weighted by molar-refractivity contribution is 6.40. The summed E-state index contributed by atoms with van der Waals surface area (Å²) in [6, 6.07) is 0. The van der Waals surface area contributed by atoms with Gasteiger partial charge in [-0.05, 0) is 44.8 Å². The Morgan fingerprint density at radius 1 is 1.18 bits per heavy atom. The van der Waals surface area contributed by atoms with Gasteiger partial charge in [0.15, 0.2) is 0 Å². The first-order valence-corrected chi connectivity index (χ1v) is 4.81. The van der Waals surface area contributed by atoms with Gasteiger partial charge in [0.2, 0.25) is 0 Å². The van der Waals surface area contributed by atoms with Gasteiger partial charge in [-0.3, -0.25) is 0 Å². The molecule has 11 heavy (non-hydrogen) atoms. The SMILES string of the molecule is CN1CCCC2(C[B]C2)CC1. The molecule has 2 heteroatoms. The minimum Gasteiger partial charge on any atom is -0.306 e. The van der Waals surface area contributed by atoms with E-state index < -0.39 is 0 Å². The third kappa shape index (κ3) is 1.46. The Morgan fingerprint density at radius 3 is 2.64 bits per heavy atom. The van der Waals surface area contributed by atoms with Crippen LogP contribution in [0.15, 0.2) is 0 Å². The predicted molar refractivity (Wildman–Crippen MR) is 49.1 cm³/mol. The van der Waals surface area contributed by atoms with Crippen molar-refractivity contribution in [2.75, 3.05) is 20.1 Å². The van der Waals surface area contributed by atoms with Crippen molar-refractivity contribution < 1.29 is 0 Å². The van der Waals surface area contributed by atoms with Crippen LogP contribution in [0.2, 0.25) is 12.6 Å². The van der Waals surface area contributed by atoms with Gasteiger partial charge in [0.1, 0.15) is 7.28 Å². The zero-order valence-electron chi connectivity index (χ0n) is 7.47. The Hall–Kier alpha value is 0.0249. The van der Waals surface area contributed by atoms with Crippen molar-refractivity contribution in [3.63, 3.8) is 0 Å². The fourth-order valence-electron chi connectivity index (χ4n) is 2.35. The molecule has 2 heterocycles. The number of likely N-dealkylation sites (tertiary alicyclic amines) is 1. The monoisotopic (exact) mass is 150 g/mol. The summed E-state index contributed by atoms with van der Waals surface area (Å²) in [5, 5.41) is 0. The van der Waals surface area contributed by atoms with E-state index in [1.165, 1.54) is 45.0 Å². The van der Waals surface area contributed by atoms with Crippen LogP contribution in [0.4, 0.5) is 0 Å². The van der Waals surface area contributed by atoms with Crippen molar-refractivity contribution in [3.05, 3.63) is 0 Å². The molecule has 1 nitrogen and oxygen atoms in total. The highest BCUT2D eigenvalue weighted by Crippen LogP contribution is 2.45. The van der Waals surface area contributed by atoms with E-state index in [4.69, 9.17) is 0 Å². The van der Waals surface area contributed by atoms with Gasteiger partial charge in [0, 0.05) is 0 Å². The van der Waals surface area contributed by atoms with Crippen LogP contribution in [0.1, 0.15) is 19.3 Å². The minimum atomic E-state index is 0.769. The predicted octanol–water partition coefficient (Wildman–Crippen LogP) is 1.64. The molecule has 0 aromatic carbocycles. The lowest BCUT2D eigenvalue weighted by Gasteiger charge is -2.41. The van der Waals surface area contributed by atoms with Gasteiger partial charge < -0.3 is 4.90 Å². The Labute approximate surface area is 70.4 Å². The Balaban J connectivity index is 1.92. The molecule has 1 spiro atoms. The third-order valence-electron chi connectivity index (χ3n) is 3.43. The lowest BCUT2D eigenvalue weighted by Crippen LogP contribution is -2.34. The minimum absolute atomic E-state index is 0.769. The van der Waals surface area contributed by atoms with E-state index in [1.807, 2.05) is 0 Å². The summed E-state index contributed by atoms with van der Waals surface area (Å²) in [4.78, 5) is 2.48. The Bertz CT molecular complexity index is 142. The molecule has 61 valence electrons. The molecule has 0 aliphatic carbocycles. The maximum Gasteiger partial charge on any atom is 0.110 e. The molecular formula is C9H17BN. The van der Waals surface area contributed by atoms with Crippen LogP contribution in [0, 0.1) is 5.41 Å². The highest BCUT2D eigenvalue weighted by Gasteiger charge is 2.37. The topological polar surface area (TPSA) is 3.24 Å². The second kappa shape index (κ2) is 2.82. The zero-order valence-corrected chi connectivity index (χ0v) is 7.47. The van der Waals surface area contributed by atoms with Crippen molar-refractivity contribution in [2.24, 2.45) is 5.41 Å². The summed E-state index contributed by atoms with van der Waals surface area (Å²) in [5.74, 6) is 0. The van der Waals surface area contributed by atoms with Gasteiger partial charge in [0.05, 0.1) is 0 Å². The van der Waals surface area contributed by atoms with Crippen LogP contribution in [0.25, 0.3) is 0 Å². The lowest BCUT2D eigenvalue weighted by atomic mass is 9.41. The maximum absolute atomic E-state index is 2.48. The van der Waals surface area contributed by atoms with Crippen LogP contribution in [-0.4, -0.2) is 32.3 Å². The molecule has 0 N–H and O–H groups in total. The second-order valence-electron chi connectivity index (χ2n) is 4.35. The summed E-state index contributed by atoms with van der Waals surface area (Å²) >= 11 is 0. The van der Waals surface area contributed by atoms with E-state index in [0.717, 1.165) is 5.41 Å². The number of rotatable bonds is 0. The number of hydrogen-bond acceptors (Lipinski definition) is 1. The Kier molecular flexibility index (Phi) is 1.96. The van der Waals surface area contributed by atoms with Crippen LogP contribution in [-0.2, 0) is 0 Å². The zero-order chi connectivity index (χ0) is 7.73. The van der Waals surface area contributed by atoms with Gasteiger partial charge in [-0.15, -0.1) is 0 Å². The van der Waals surface area contributed by atoms with Crippen LogP contribution in [0.3, 0.4) is 0 Å². The lowest BCUT2D eigenvalue weighted by molar-refractivity contribution is 0.271. The van der Waals surface area contributed by atoms with E-state index in [9.17, 15) is 0 Å². The first-order chi connectivity index (χ1) is 5.31.